The second kappa shape index (κ2) is 18.6. The van der Waals surface area contributed by atoms with Gasteiger partial charge in [0.25, 0.3) is 0 Å². The van der Waals surface area contributed by atoms with Crippen LogP contribution in [0.2, 0.25) is 38.3 Å². The molecule has 0 radical (unpaired) electrons. The second-order valence-electron chi connectivity index (χ2n) is 11.7. The summed E-state index contributed by atoms with van der Waals surface area (Å²) in [7, 11) is -3.31. The first kappa shape index (κ1) is 33.3. The molecule has 6 heteroatoms. The Morgan fingerprint density at radius 2 is 1.03 bits per heavy atom. The lowest BCUT2D eigenvalue weighted by Crippen LogP contribution is -2.44. The van der Waals surface area contributed by atoms with Gasteiger partial charge in [0.1, 0.15) is 4.32 Å². The molecule has 0 saturated carbocycles. The van der Waals surface area contributed by atoms with Gasteiger partial charge in [0.2, 0.25) is 0 Å². The molecular weight excluding hydrogens is 508 g/mol. The van der Waals surface area contributed by atoms with Gasteiger partial charge in [-0.25, -0.2) is 0 Å². The highest BCUT2D eigenvalue weighted by Gasteiger charge is 2.32. The predicted octanol–water partition coefficient (Wildman–Crippen LogP) is 10.0. The third-order valence-corrected chi connectivity index (χ3v) is 14.2. The van der Waals surface area contributed by atoms with Crippen LogP contribution >= 0.6 is 15.9 Å². The lowest BCUT2D eigenvalue weighted by atomic mass is 10.0. The van der Waals surface area contributed by atoms with E-state index in [1.165, 1.54) is 95.9 Å². The molecule has 0 rings (SSSR count). The van der Waals surface area contributed by atoms with Crippen molar-refractivity contribution in [2.24, 2.45) is 0 Å². The zero-order chi connectivity index (χ0) is 25.2. The van der Waals surface area contributed by atoms with Gasteiger partial charge in [-0.1, -0.05) is 113 Å². The minimum Gasteiger partial charge on any atom is -0.465 e. The van der Waals surface area contributed by atoms with Crippen molar-refractivity contribution in [2.75, 3.05) is 6.61 Å². The Morgan fingerprint density at radius 3 is 1.42 bits per heavy atom. The molecule has 0 bridgehead atoms. The summed E-state index contributed by atoms with van der Waals surface area (Å²) in [6.45, 7) is 15.8. The Morgan fingerprint density at radius 1 is 0.667 bits per heavy atom. The van der Waals surface area contributed by atoms with E-state index in [1.54, 1.807) is 0 Å². The number of rotatable bonds is 22. The zero-order valence-electron chi connectivity index (χ0n) is 23.3. The summed E-state index contributed by atoms with van der Waals surface area (Å²) in [5, 5.41) is 0. The van der Waals surface area contributed by atoms with Gasteiger partial charge in [-0.3, -0.25) is 4.79 Å². The molecule has 0 aliphatic rings. The van der Waals surface area contributed by atoms with E-state index in [4.69, 9.17) is 8.85 Å². The first-order valence-electron chi connectivity index (χ1n) is 14.0. The van der Waals surface area contributed by atoms with Crippen molar-refractivity contribution in [3.63, 3.8) is 0 Å². The fourth-order valence-corrected chi connectivity index (χ4v) is 13.4. The number of unbranched alkanes of at least 4 members (excludes halogenated alkanes) is 13. The van der Waals surface area contributed by atoms with E-state index < -0.39 is 21.0 Å². The maximum absolute atomic E-state index is 11.8. The van der Waals surface area contributed by atoms with Crippen LogP contribution < -0.4 is 0 Å². The van der Waals surface area contributed by atoms with Crippen LogP contribution in [0.25, 0.3) is 0 Å². The number of alkyl halides is 1. The van der Waals surface area contributed by atoms with Crippen LogP contribution in [0.5, 0.6) is 0 Å². The monoisotopic (exact) mass is 564 g/mol. The molecule has 0 heterocycles. The molecule has 0 saturated heterocycles. The lowest BCUT2D eigenvalue weighted by Gasteiger charge is -2.34. The molecule has 0 aliphatic carbocycles. The van der Waals surface area contributed by atoms with Crippen molar-refractivity contribution in [1.29, 1.82) is 0 Å². The summed E-state index contributed by atoms with van der Waals surface area (Å²) in [5.41, 5.74) is 0. The van der Waals surface area contributed by atoms with Gasteiger partial charge < -0.3 is 8.85 Å². The highest BCUT2D eigenvalue weighted by Crippen LogP contribution is 2.25. The maximum atomic E-state index is 11.8. The van der Waals surface area contributed by atoms with Gasteiger partial charge in [0.05, 0.1) is 6.61 Å². The number of carbonyl (C=O) groups is 1. The molecule has 0 aromatic rings. The van der Waals surface area contributed by atoms with E-state index in [0.29, 0.717) is 6.61 Å². The topological polar surface area (TPSA) is 35.5 Å². The average molecular weight is 566 g/mol. The number of carbonyl (C=O) groups excluding carboxylic acids is 1. The number of ether oxygens (including phenoxy) is 1. The van der Waals surface area contributed by atoms with E-state index >= 15 is 0 Å². The highest BCUT2D eigenvalue weighted by atomic mass is 79.9. The lowest BCUT2D eigenvalue weighted by molar-refractivity contribution is -0.145. The van der Waals surface area contributed by atoms with Crippen LogP contribution in [-0.4, -0.2) is 33.5 Å². The molecule has 0 aliphatic heterocycles. The van der Waals surface area contributed by atoms with Crippen LogP contribution in [0.1, 0.15) is 117 Å². The Kier molecular flexibility index (Phi) is 18.8. The third kappa shape index (κ3) is 21.4. The molecule has 0 N–H and O–H groups in total. The Hall–Kier alpha value is 0.344. The number of esters is 1. The second-order valence-corrected chi connectivity index (χ2v) is 22.5. The molecule has 0 aromatic carbocycles. The number of hydrogen-bond acceptors (Lipinski definition) is 3. The minimum atomic E-state index is -1.71. The molecular formula is C27H57BrO3Si2. The summed E-state index contributed by atoms with van der Waals surface area (Å²) >= 11 is 3.36. The molecule has 0 atom stereocenters. The molecule has 198 valence electrons. The maximum Gasteiger partial charge on any atom is 0.322 e. The predicted molar refractivity (Wildman–Crippen MR) is 155 cm³/mol. The molecule has 0 amide bonds. The van der Waals surface area contributed by atoms with E-state index in [2.05, 4.69) is 49.0 Å². The zero-order valence-corrected chi connectivity index (χ0v) is 26.9. The van der Waals surface area contributed by atoms with Gasteiger partial charge in [0.15, 0.2) is 16.6 Å². The number of hydrogen-bond donors (Lipinski definition) is 0. The van der Waals surface area contributed by atoms with Crippen LogP contribution in [0, 0.1) is 0 Å². The normalized spacial score (nSPS) is 12.8. The average Bonchev–Trinajstić information content (AvgIpc) is 2.69. The number of halogens is 1. The van der Waals surface area contributed by atoms with Gasteiger partial charge >= 0.3 is 5.97 Å². The summed E-state index contributed by atoms with van der Waals surface area (Å²) < 4.78 is 11.5. The van der Waals surface area contributed by atoms with Crippen molar-refractivity contribution in [2.45, 2.75) is 160 Å². The van der Waals surface area contributed by atoms with Gasteiger partial charge in [-0.05, 0) is 58.5 Å². The SMILES string of the molecule is CCCCCCCCCCCCCCCC[Si](C)(C)O[Si](C)(C)CCCOC(=O)C(C)(C)Br. The quantitative estimate of drug-likeness (QED) is 0.0567. The van der Waals surface area contributed by atoms with E-state index in [1.807, 2.05) is 13.8 Å². The van der Waals surface area contributed by atoms with Crippen molar-refractivity contribution >= 4 is 38.5 Å². The van der Waals surface area contributed by atoms with Gasteiger partial charge in [-0.15, -0.1) is 0 Å². The van der Waals surface area contributed by atoms with Gasteiger partial charge in [0, 0.05) is 0 Å². The van der Waals surface area contributed by atoms with Crippen molar-refractivity contribution < 1.29 is 13.6 Å². The Balaban J connectivity index is 3.73. The van der Waals surface area contributed by atoms with Crippen molar-refractivity contribution in [1.82, 2.24) is 0 Å². The van der Waals surface area contributed by atoms with Crippen LogP contribution in [0.15, 0.2) is 0 Å². The molecule has 33 heavy (non-hydrogen) atoms. The minimum absolute atomic E-state index is 0.185. The summed E-state index contributed by atoms with van der Waals surface area (Å²) in [6, 6.07) is 2.33. The molecule has 0 aromatic heterocycles. The van der Waals surface area contributed by atoms with E-state index in [-0.39, 0.29) is 5.97 Å². The molecule has 0 unspecified atom stereocenters. The fraction of sp³-hybridized carbons (Fsp3) is 0.963. The van der Waals surface area contributed by atoms with E-state index in [0.717, 1.165) is 12.5 Å². The van der Waals surface area contributed by atoms with Crippen LogP contribution in [0.3, 0.4) is 0 Å². The van der Waals surface area contributed by atoms with Crippen LogP contribution in [0.4, 0.5) is 0 Å². The first-order chi connectivity index (χ1) is 15.4. The summed E-state index contributed by atoms with van der Waals surface area (Å²) in [4.78, 5) is 11.8. The van der Waals surface area contributed by atoms with Crippen molar-refractivity contribution in [3.8, 4) is 0 Å². The van der Waals surface area contributed by atoms with Gasteiger partial charge in [-0.2, -0.15) is 0 Å². The summed E-state index contributed by atoms with van der Waals surface area (Å²) in [5.74, 6) is -0.185. The Labute approximate surface area is 217 Å². The Bertz CT molecular complexity index is 490. The van der Waals surface area contributed by atoms with Crippen molar-refractivity contribution in [3.05, 3.63) is 0 Å². The van der Waals surface area contributed by atoms with E-state index in [9.17, 15) is 4.79 Å². The standard InChI is InChI=1S/C27H57BrO3Si2/c1-8-9-10-11-12-13-14-15-16-17-18-19-20-21-24-32(4,5)31-33(6,7)25-22-23-30-26(29)27(2,3)28/h8-25H2,1-7H3. The molecule has 3 nitrogen and oxygen atoms in total. The van der Waals surface area contributed by atoms with Crippen LogP contribution in [-0.2, 0) is 13.6 Å². The molecule has 0 spiro atoms. The first-order valence-corrected chi connectivity index (χ1v) is 21.0. The smallest absolute Gasteiger partial charge is 0.322 e. The summed E-state index contributed by atoms with van der Waals surface area (Å²) in [6.07, 6.45) is 20.7. The fourth-order valence-electron chi connectivity index (χ4n) is 4.43. The highest BCUT2D eigenvalue weighted by molar-refractivity contribution is 9.10. The largest absolute Gasteiger partial charge is 0.465 e. The molecule has 0 fully saturated rings. The third-order valence-electron chi connectivity index (χ3n) is 6.33.